The Labute approximate surface area is 293 Å². The SMILES string of the molecule is CCC1(CC)CC(C2c3ccccc3N3c4nccnc4N(C)C23)c2cccc3c4cc(C)ccc4n4c(-c5c(C)cccc5C)c[n+]1c4c23. The second-order valence-corrected chi connectivity index (χ2v) is 15.0. The lowest BCUT2D eigenvalue weighted by molar-refractivity contribution is -0.743. The van der Waals surface area contributed by atoms with Gasteiger partial charge in [0, 0.05) is 47.4 Å². The van der Waals surface area contributed by atoms with Crippen LogP contribution >= 0.6 is 0 Å². The van der Waals surface area contributed by atoms with Crippen LogP contribution in [0.2, 0.25) is 0 Å². The van der Waals surface area contributed by atoms with Crippen molar-refractivity contribution in [3.05, 3.63) is 125 Å². The van der Waals surface area contributed by atoms with Crippen LogP contribution in [0.3, 0.4) is 0 Å². The summed E-state index contributed by atoms with van der Waals surface area (Å²) in [5.74, 6) is 2.39. The van der Waals surface area contributed by atoms with Crippen LogP contribution in [-0.2, 0) is 5.54 Å². The summed E-state index contributed by atoms with van der Waals surface area (Å²) in [4.78, 5) is 14.6. The highest BCUT2D eigenvalue weighted by Gasteiger charge is 2.55. The van der Waals surface area contributed by atoms with E-state index in [1.807, 2.05) is 12.4 Å². The molecule has 6 heterocycles. The average Bonchev–Trinajstić information content (AvgIpc) is 3.76. The molecule has 6 heteroatoms. The van der Waals surface area contributed by atoms with Gasteiger partial charge in [0.25, 0.3) is 5.65 Å². The number of nitrogens with zero attached hydrogens (tertiary/aromatic N) is 6. The number of fused-ring (bicyclic) bond motifs is 8. The number of hydrogen-bond donors (Lipinski definition) is 0. The molecule has 7 aromatic rings. The van der Waals surface area contributed by atoms with Crippen molar-refractivity contribution in [2.75, 3.05) is 16.8 Å². The number of hydrogen-bond acceptors (Lipinski definition) is 4. The van der Waals surface area contributed by atoms with E-state index in [9.17, 15) is 0 Å². The van der Waals surface area contributed by atoms with Crippen molar-refractivity contribution in [3.8, 4) is 11.3 Å². The minimum Gasteiger partial charge on any atom is -0.335 e. The monoisotopic (exact) mass is 655 g/mol. The summed E-state index contributed by atoms with van der Waals surface area (Å²) in [6.45, 7) is 11.6. The van der Waals surface area contributed by atoms with Gasteiger partial charge in [-0.25, -0.2) is 14.5 Å². The van der Waals surface area contributed by atoms with E-state index in [2.05, 4.69) is 145 Å². The smallest absolute Gasteiger partial charge is 0.295 e. The summed E-state index contributed by atoms with van der Waals surface area (Å²) in [6, 6.07) is 30.0. The Kier molecular flexibility index (Phi) is 6.17. The minimum absolute atomic E-state index is 0.0879. The molecule has 4 aromatic carbocycles. The summed E-state index contributed by atoms with van der Waals surface area (Å²) in [5.41, 5.74) is 13.1. The quantitative estimate of drug-likeness (QED) is 0.140. The first-order valence-corrected chi connectivity index (χ1v) is 18.3. The predicted octanol–water partition coefficient (Wildman–Crippen LogP) is 9.63. The van der Waals surface area contributed by atoms with Crippen molar-refractivity contribution in [1.82, 2.24) is 14.4 Å². The fourth-order valence-electron chi connectivity index (χ4n) is 10.3. The molecule has 0 fully saturated rings. The van der Waals surface area contributed by atoms with E-state index in [1.54, 1.807) is 0 Å². The van der Waals surface area contributed by atoms with Gasteiger partial charge in [-0.2, -0.15) is 4.40 Å². The molecule has 50 heavy (non-hydrogen) atoms. The van der Waals surface area contributed by atoms with Crippen molar-refractivity contribution in [2.24, 2.45) is 0 Å². The maximum Gasteiger partial charge on any atom is 0.295 e. The van der Waals surface area contributed by atoms with Crippen LogP contribution < -0.4 is 14.4 Å². The number of aromatic nitrogens is 4. The van der Waals surface area contributed by atoms with E-state index in [-0.39, 0.29) is 23.5 Å². The molecule has 6 nitrogen and oxygen atoms in total. The topological polar surface area (TPSA) is 40.6 Å². The molecule has 3 aliphatic heterocycles. The lowest BCUT2D eigenvalue weighted by Gasteiger charge is -2.38. The molecule has 0 radical (unpaired) electrons. The van der Waals surface area contributed by atoms with Crippen LogP contribution in [-0.4, -0.2) is 27.6 Å². The Hall–Kier alpha value is -5.23. The van der Waals surface area contributed by atoms with Gasteiger partial charge in [0.05, 0.1) is 5.39 Å². The largest absolute Gasteiger partial charge is 0.335 e. The minimum atomic E-state index is -0.0992. The van der Waals surface area contributed by atoms with Gasteiger partial charge in [0.1, 0.15) is 23.4 Å². The van der Waals surface area contributed by atoms with Gasteiger partial charge in [0.15, 0.2) is 17.3 Å². The van der Waals surface area contributed by atoms with Gasteiger partial charge in [-0.3, -0.25) is 0 Å². The maximum absolute atomic E-state index is 4.91. The molecule has 3 aromatic heterocycles. The number of aryl methyl sites for hydroxylation is 3. The number of likely N-dealkylation sites (N-methyl/N-ethyl adjacent to an activating group) is 1. The molecule has 3 atom stereocenters. The number of para-hydroxylation sites is 1. The highest BCUT2D eigenvalue weighted by atomic mass is 15.5. The molecule has 248 valence electrons. The van der Waals surface area contributed by atoms with E-state index in [0.29, 0.717) is 0 Å². The molecule has 10 rings (SSSR count). The zero-order chi connectivity index (χ0) is 34.1. The van der Waals surface area contributed by atoms with Crippen molar-refractivity contribution in [1.29, 1.82) is 0 Å². The summed E-state index contributed by atoms with van der Waals surface area (Å²) in [6.07, 6.45) is 9.40. The molecule has 0 N–H and O–H groups in total. The maximum atomic E-state index is 4.91. The molecule has 0 saturated carbocycles. The Morgan fingerprint density at radius 2 is 1.52 bits per heavy atom. The normalized spacial score (nSPS) is 20.2. The summed E-state index contributed by atoms with van der Waals surface area (Å²) in [7, 11) is 2.22. The molecule has 0 amide bonds. The van der Waals surface area contributed by atoms with Gasteiger partial charge >= 0.3 is 0 Å². The Balaban J connectivity index is 1.35. The number of benzene rings is 4. The van der Waals surface area contributed by atoms with Gasteiger partial charge < -0.3 is 9.80 Å². The van der Waals surface area contributed by atoms with Crippen molar-refractivity contribution in [3.63, 3.8) is 0 Å². The third-order valence-electron chi connectivity index (χ3n) is 12.7. The van der Waals surface area contributed by atoms with Crippen LogP contribution in [0.25, 0.3) is 38.6 Å². The van der Waals surface area contributed by atoms with Crippen LogP contribution in [0.1, 0.15) is 72.8 Å². The van der Waals surface area contributed by atoms with Gasteiger partial charge in [-0.15, -0.1) is 0 Å². The fraction of sp³-hybridized carbons (Fsp3) is 0.295. The molecule has 0 aliphatic carbocycles. The Bertz CT molecular complexity index is 2520. The number of anilines is 3. The molecule has 3 unspecified atom stereocenters. The third kappa shape index (κ3) is 3.66. The zero-order valence-electron chi connectivity index (χ0n) is 29.8. The standard InChI is InChI=1S/C44H43N6/c1-7-44(8-2)24-33(39-31-15-9-10-18-34(31)50-41-40(45-21-22-46-41)47(6)42(39)50)30-17-12-16-29-32-23-26(3)19-20-35(32)49-36(25-48(44)43(49)38(29)30)37-27(4)13-11-14-28(37)5/h9-23,25,33,39,42H,7-8,24H2,1-6H3/q+1. The van der Waals surface area contributed by atoms with Crippen LogP contribution in [0, 0.1) is 20.8 Å². The molecular weight excluding hydrogens is 613 g/mol. The highest BCUT2D eigenvalue weighted by Crippen LogP contribution is 2.59. The summed E-state index contributed by atoms with van der Waals surface area (Å²) in [5, 5.41) is 4.05. The molecule has 0 spiro atoms. The first-order chi connectivity index (χ1) is 24.4. The second-order valence-electron chi connectivity index (χ2n) is 15.0. The van der Waals surface area contributed by atoms with Crippen LogP contribution in [0.4, 0.5) is 17.3 Å². The first-order valence-electron chi connectivity index (χ1n) is 18.3. The molecule has 0 bridgehead atoms. The van der Waals surface area contributed by atoms with E-state index in [4.69, 9.17) is 9.97 Å². The van der Waals surface area contributed by atoms with Crippen LogP contribution in [0.5, 0.6) is 0 Å². The summed E-state index contributed by atoms with van der Waals surface area (Å²) >= 11 is 0. The Morgan fingerprint density at radius 3 is 2.30 bits per heavy atom. The predicted molar refractivity (Wildman–Crippen MR) is 204 cm³/mol. The Morgan fingerprint density at radius 1 is 0.800 bits per heavy atom. The summed E-state index contributed by atoms with van der Waals surface area (Å²) < 4.78 is 5.35. The second kappa shape index (κ2) is 10.4. The van der Waals surface area contributed by atoms with Crippen molar-refractivity contribution in [2.45, 2.75) is 77.4 Å². The molecule has 3 aliphatic rings. The average molecular weight is 656 g/mol. The van der Waals surface area contributed by atoms with Gasteiger partial charge in [-0.05, 0) is 86.4 Å². The highest BCUT2D eigenvalue weighted by molar-refractivity contribution is 6.13. The van der Waals surface area contributed by atoms with E-state index >= 15 is 0 Å². The number of rotatable bonds is 4. The van der Waals surface area contributed by atoms with E-state index < -0.39 is 0 Å². The number of pyridine rings is 1. The first kappa shape index (κ1) is 29.7. The van der Waals surface area contributed by atoms with Crippen LogP contribution in [0.15, 0.2) is 97.5 Å². The van der Waals surface area contributed by atoms with Gasteiger partial charge in [0.2, 0.25) is 0 Å². The molecular formula is C44H43N6+. The van der Waals surface area contributed by atoms with Gasteiger partial charge in [-0.1, -0.05) is 80.1 Å². The van der Waals surface area contributed by atoms with E-state index in [0.717, 1.165) is 30.9 Å². The van der Waals surface area contributed by atoms with Crippen molar-refractivity contribution >= 4 is 44.6 Å². The number of imidazole rings is 1. The third-order valence-corrected chi connectivity index (χ3v) is 12.7. The lowest BCUT2D eigenvalue weighted by Crippen LogP contribution is -2.55. The van der Waals surface area contributed by atoms with E-state index in [1.165, 1.54) is 72.1 Å². The molecule has 0 saturated heterocycles. The zero-order valence-corrected chi connectivity index (χ0v) is 29.8. The lowest BCUT2D eigenvalue weighted by atomic mass is 9.72. The fourth-order valence-corrected chi connectivity index (χ4v) is 10.3. The van der Waals surface area contributed by atoms with Crippen molar-refractivity contribution < 1.29 is 4.57 Å².